The molecule has 2 aromatic rings. The third-order valence-corrected chi connectivity index (χ3v) is 1.90. The molecule has 0 bridgehead atoms. The van der Waals surface area contributed by atoms with Gasteiger partial charge >= 0.3 is 5.76 Å². The fourth-order valence-corrected chi connectivity index (χ4v) is 1.17. The van der Waals surface area contributed by atoms with E-state index in [1.807, 2.05) is 26.0 Å². The van der Waals surface area contributed by atoms with E-state index in [0.717, 1.165) is 5.69 Å². The van der Waals surface area contributed by atoms with E-state index in [-0.39, 0.29) is 0 Å². The Balaban J connectivity index is 2.68. The summed E-state index contributed by atoms with van der Waals surface area (Å²) < 4.78 is 4.84. The van der Waals surface area contributed by atoms with Crippen LogP contribution in [0.2, 0.25) is 0 Å². The van der Waals surface area contributed by atoms with Crippen molar-refractivity contribution in [3.05, 3.63) is 28.4 Å². The van der Waals surface area contributed by atoms with Crippen molar-refractivity contribution in [2.24, 2.45) is 0 Å². The van der Waals surface area contributed by atoms with Crippen molar-refractivity contribution >= 4 is 11.2 Å². The van der Waals surface area contributed by atoms with E-state index in [1.54, 1.807) is 0 Å². The molecule has 0 saturated carbocycles. The quantitative estimate of drug-likeness (QED) is 0.722. The Morgan fingerprint density at radius 2 is 2.23 bits per heavy atom. The summed E-state index contributed by atoms with van der Waals surface area (Å²) in [5.74, 6) is -0.118. The number of hydrogen-bond acceptors (Lipinski definition) is 3. The number of nitrogens with one attached hydrogen (secondary N) is 1. The maximum Gasteiger partial charge on any atom is 0.418 e. The first-order valence-corrected chi connectivity index (χ1v) is 4.16. The normalized spacial score (nSPS) is 11.3. The van der Waals surface area contributed by atoms with Crippen LogP contribution in [0.4, 0.5) is 0 Å². The van der Waals surface area contributed by atoms with Gasteiger partial charge in [0.25, 0.3) is 0 Å². The third-order valence-electron chi connectivity index (χ3n) is 1.90. The molecule has 0 radical (unpaired) electrons. The number of rotatable bonds is 1. The lowest BCUT2D eigenvalue weighted by atomic mass is 10.1. The number of nitrogens with zero attached hydrogens (tertiary/aromatic N) is 1. The summed E-state index contributed by atoms with van der Waals surface area (Å²) in [7, 11) is 0. The number of H-pyrrole nitrogens is 1. The van der Waals surface area contributed by atoms with Crippen LogP contribution in [-0.2, 0) is 0 Å². The molecule has 2 rings (SSSR count). The van der Waals surface area contributed by atoms with Gasteiger partial charge in [-0.2, -0.15) is 0 Å². The van der Waals surface area contributed by atoms with Crippen LogP contribution in [0, 0.1) is 0 Å². The van der Waals surface area contributed by atoms with E-state index in [4.69, 9.17) is 4.42 Å². The zero-order valence-electron chi connectivity index (χ0n) is 7.50. The van der Waals surface area contributed by atoms with Crippen LogP contribution in [0.3, 0.4) is 0 Å². The predicted molar refractivity (Wildman–Crippen MR) is 48.7 cm³/mol. The summed E-state index contributed by atoms with van der Waals surface area (Å²) >= 11 is 0. The summed E-state index contributed by atoms with van der Waals surface area (Å²) in [6.45, 7) is 4.08. The van der Waals surface area contributed by atoms with E-state index >= 15 is 0 Å². The van der Waals surface area contributed by atoms with Crippen LogP contribution in [0.25, 0.3) is 11.2 Å². The second-order valence-corrected chi connectivity index (χ2v) is 3.26. The first-order valence-electron chi connectivity index (χ1n) is 4.16. The van der Waals surface area contributed by atoms with E-state index in [1.165, 1.54) is 0 Å². The lowest BCUT2D eigenvalue weighted by Crippen LogP contribution is -1.92. The highest BCUT2D eigenvalue weighted by molar-refractivity contribution is 5.67. The highest BCUT2D eigenvalue weighted by Gasteiger charge is 2.05. The minimum absolute atomic E-state index is 0.338. The van der Waals surface area contributed by atoms with Crippen molar-refractivity contribution in [1.29, 1.82) is 0 Å². The van der Waals surface area contributed by atoms with Crippen LogP contribution in [0.1, 0.15) is 25.5 Å². The minimum atomic E-state index is -0.455. The molecule has 0 atom stereocenters. The summed E-state index contributed by atoms with van der Waals surface area (Å²) in [5.41, 5.74) is 1.96. The van der Waals surface area contributed by atoms with E-state index in [9.17, 15) is 4.79 Å². The Hall–Kier alpha value is -1.58. The van der Waals surface area contributed by atoms with Gasteiger partial charge in [-0.1, -0.05) is 13.8 Å². The van der Waals surface area contributed by atoms with Gasteiger partial charge in [0.15, 0.2) is 0 Å². The summed E-state index contributed by atoms with van der Waals surface area (Å²) in [5, 5.41) is 0. The third kappa shape index (κ3) is 1.35. The molecule has 1 N–H and O–H groups in total. The standard InChI is InChI=1S/C9H10N2O2/c1-5(2)6-3-4-7-8(10-6)13-9(12)11-7/h3-5H,1-2H3,(H,11,12). The van der Waals surface area contributed by atoms with Crippen molar-refractivity contribution in [1.82, 2.24) is 9.97 Å². The summed E-state index contributed by atoms with van der Waals surface area (Å²) in [6, 6.07) is 3.70. The monoisotopic (exact) mass is 178 g/mol. The van der Waals surface area contributed by atoms with Crippen LogP contribution < -0.4 is 5.76 Å². The minimum Gasteiger partial charge on any atom is -0.389 e. The lowest BCUT2D eigenvalue weighted by molar-refractivity contribution is 0.543. The molecule has 2 aromatic heterocycles. The smallest absolute Gasteiger partial charge is 0.389 e. The summed E-state index contributed by atoms with van der Waals surface area (Å²) in [4.78, 5) is 17.5. The van der Waals surface area contributed by atoms with Gasteiger partial charge in [-0.25, -0.2) is 9.78 Å². The molecule has 0 spiro atoms. The first-order chi connectivity index (χ1) is 6.16. The Morgan fingerprint density at radius 3 is 2.92 bits per heavy atom. The topological polar surface area (TPSA) is 58.9 Å². The largest absolute Gasteiger partial charge is 0.418 e. The molecule has 0 unspecified atom stereocenters. The maximum absolute atomic E-state index is 10.8. The number of fused-ring (bicyclic) bond motifs is 1. The molecule has 0 aliphatic heterocycles. The molecular formula is C9H10N2O2. The summed E-state index contributed by atoms with van der Waals surface area (Å²) in [6.07, 6.45) is 0. The molecule has 4 heteroatoms. The number of hydrogen-bond donors (Lipinski definition) is 1. The van der Waals surface area contributed by atoms with Gasteiger partial charge < -0.3 is 4.42 Å². The molecule has 0 aliphatic carbocycles. The van der Waals surface area contributed by atoms with E-state index in [2.05, 4.69) is 9.97 Å². The molecule has 0 aromatic carbocycles. The number of aromatic amines is 1. The Morgan fingerprint density at radius 1 is 1.46 bits per heavy atom. The average Bonchev–Trinajstić information content (AvgIpc) is 2.42. The molecule has 68 valence electrons. The Kier molecular flexibility index (Phi) is 1.69. The van der Waals surface area contributed by atoms with Crippen LogP contribution in [0.5, 0.6) is 0 Å². The zero-order valence-corrected chi connectivity index (χ0v) is 7.50. The second kappa shape index (κ2) is 2.73. The zero-order chi connectivity index (χ0) is 9.42. The molecule has 0 aliphatic rings. The van der Waals surface area contributed by atoms with E-state index < -0.39 is 5.76 Å². The van der Waals surface area contributed by atoms with Gasteiger partial charge in [-0.3, -0.25) is 4.98 Å². The Bertz CT molecular complexity index is 482. The molecule has 0 amide bonds. The van der Waals surface area contributed by atoms with Gasteiger partial charge in [-0.05, 0) is 18.1 Å². The number of pyridine rings is 1. The van der Waals surface area contributed by atoms with Gasteiger partial charge in [-0.15, -0.1) is 0 Å². The molecule has 0 saturated heterocycles. The van der Waals surface area contributed by atoms with Crippen LogP contribution in [-0.4, -0.2) is 9.97 Å². The molecule has 13 heavy (non-hydrogen) atoms. The fraction of sp³-hybridized carbons (Fsp3) is 0.333. The Labute approximate surface area is 74.6 Å². The number of oxazole rings is 1. The van der Waals surface area contributed by atoms with Crippen LogP contribution >= 0.6 is 0 Å². The lowest BCUT2D eigenvalue weighted by Gasteiger charge is -2.01. The average molecular weight is 178 g/mol. The molecule has 0 fully saturated rings. The van der Waals surface area contributed by atoms with Gasteiger partial charge in [0.05, 0.1) is 0 Å². The maximum atomic E-state index is 10.8. The highest BCUT2D eigenvalue weighted by atomic mass is 16.4. The molecule has 4 nitrogen and oxygen atoms in total. The fourth-order valence-electron chi connectivity index (χ4n) is 1.17. The van der Waals surface area contributed by atoms with Crippen molar-refractivity contribution in [3.63, 3.8) is 0 Å². The van der Waals surface area contributed by atoms with Crippen molar-refractivity contribution in [3.8, 4) is 0 Å². The first kappa shape index (κ1) is 8.04. The van der Waals surface area contributed by atoms with Gasteiger partial charge in [0, 0.05) is 5.69 Å². The van der Waals surface area contributed by atoms with Gasteiger partial charge in [0.2, 0.25) is 5.71 Å². The van der Waals surface area contributed by atoms with Gasteiger partial charge in [0.1, 0.15) is 5.52 Å². The van der Waals surface area contributed by atoms with Crippen molar-refractivity contribution in [2.75, 3.05) is 0 Å². The van der Waals surface area contributed by atoms with Crippen molar-refractivity contribution < 1.29 is 4.42 Å². The highest BCUT2D eigenvalue weighted by Crippen LogP contribution is 2.14. The van der Waals surface area contributed by atoms with Crippen molar-refractivity contribution in [2.45, 2.75) is 19.8 Å². The van der Waals surface area contributed by atoms with Crippen LogP contribution in [0.15, 0.2) is 21.3 Å². The number of aromatic nitrogens is 2. The molecular weight excluding hydrogens is 168 g/mol. The second-order valence-electron chi connectivity index (χ2n) is 3.26. The molecule has 2 heterocycles. The predicted octanol–water partition coefficient (Wildman–Crippen LogP) is 1.64. The van der Waals surface area contributed by atoms with E-state index in [0.29, 0.717) is 17.1 Å². The SMILES string of the molecule is CC(C)c1ccc2[nH]c(=O)oc2n1.